The van der Waals surface area contributed by atoms with E-state index in [2.05, 4.69) is 10.4 Å². The van der Waals surface area contributed by atoms with Crippen molar-refractivity contribution in [2.45, 2.75) is 12.3 Å². The third kappa shape index (κ3) is 2.94. The molecule has 9 heteroatoms. The summed E-state index contributed by atoms with van der Waals surface area (Å²) in [4.78, 5) is 12.1. The molecule has 6 nitrogen and oxygen atoms in total. The van der Waals surface area contributed by atoms with Crippen LogP contribution in [0.1, 0.15) is 5.69 Å². The first kappa shape index (κ1) is 15.2. The maximum atomic E-state index is 13.0. The highest BCUT2D eigenvalue weighted by Gasteiger charge is 2.39. The lowest BCUT2D eigenvalue weighted by molar-refractivity contribution is -0.143. The van der Waals surface area contributed by atoms with Gasteiger partial charge in [0.05, 0.1) is 11.9 Å². The first-order valence-corrected chi connectivity index (χ1v) is 6.65. The molecule has 1 aliphatic heterocycles. The van der Waals surface area contributed by atoms with Gasteiger partial charge in [-0.2, -0.15) is 18.3 Å². The fraction of sp³-hybridized carbons (Fsp3) is 0.286. The zero-order valence-corrected chi connectivity index (χ0v) is 11.9. The minimum Gasteiger partial charge on any atom is -0.485 e. The molecule has 23 heavy (non-hydrogen) atoms. The van der Waals surface area contributed by atoms with Gasteiger partial charge in [-0.05, 0) is 12.1 Å². The second kappa shape index (κ2) is 5.49. The highest BCUT2D eigenvalue weighted by Crippen LogP contribution is 2.35. The Hall–Kier alpha value is -2.71. The lowest BCUT2D eigenvalue weighted by Crippen LogP contribution is -2.40. The van der Waals surface area contributed by atoms with Gasteiger partial charge in [-0.15, -0.1) is 0 Å². The molecule has 0 aliphatic carbocycles. The Morgan fingerprint density at radius 2 is 2.04 bits per heavy atom. The maximum absolute atomic E-state index is 13.0. The van der Waals surface area contributed by atoms with Crippen LogP contribution in [0.4, 0.5) is 18.9 Å². The van der Waals surface area contributed by atoms with Crippen molar-refractivity contribution in [3.63, 3.8) is 0 Å². The number of nitrogens with zero attached hydrogens (tertiary/aromatic N) is 2. The van der Waals surface area contributed by atoms with E-state index in [-0.39, 0.29) is 6.61 Å². The molecular formula is C14H12F3N3O3. The Bertz CT molecular complexity index is 742. The van der Waals surface area contributed by atoms with Gasteiger partial charge in [-0.1, -0.05) is 12.1 Å². The van der Waals surface area contributed by atoms with Gasteiger partial charge in [0.25, 0.3) is 5.91 Å². The predicted octanol–water partition coefficient (Wildman–Crippen LogP) is 2.22. The number of aryl methyl sites for hydroxylation is 1. The summed E-state index contributed by atoms with van der Waals surface area (Å²) in [6.45, 7) is -0.0928. The molecule has 0 saturated carbocycles. The van der Waals surface area contributed by atoms with Gasteiger partial charge < -0.3 is 14.8 Å². The van der Waals surface area contributed by atoms with E-state index in [0.717, 1.165) is 13.2 Å². The van der Waals surface area contributed by atoms with E-state index in [9.17, 15) is 18.0 Å². The van der Waals surface area contributed by atoms with Gasteiger partial charge in [0.1, 0.15) is 6.61 Å². The molecule has 1 unspecified atom stereocenters. The summed E-state index contributed by atoms with van der Waals surface area (Å²) in [6, 6.07) is 6.73. The molecule has 0 spiro atoms. The zero-order valence-electron chi connectivity index (χ0n) is 11.9. The molecule has 1 N–H and O–H groups in total. The van der Waals surface area contributed by atoms with Crippen LogP contribution in [0.25, 0.3) is 0 Å². The number of alkyl halides is 3. The summed E-state index contributed by atoms with van der Waals surface area (Å²) in [5.74, 6) is 0.105. The van der Waals surface area contributed by atoms with Crippen molar-refractivity contribution in [1.82, 2.24) is 9.78 Å². The van der Waals surface area contributed by atoms with Crippen LogP contribution in [-0.2, 0) is 18.0 Å². The van der Waals surface area contributed by atoms with Crippen LogP contribution in [0.3, 0.4) is 0 Å². The number of benzene rings is 1. The molecular weight excluding hydrogens is 315 g/mol. The molecule has 122 valence electrons. The first-order chi connectivity index (χ1) is 10.9. The number of hydrogen-bond donors (Lipinski definition) is 1. The Labute approximate surface area is 128 Å². The number of carbonyl (C=O) groups is 1. The third-order valence-corrected chi connectivity index (χ3v) is 3.27. The van der Waals surface area contributed by atoms with Crippen molar-refractivity contribution in [1.29, 1.82) is 0 Å². The average Bonchev–Trinajstić information content (AvgIpc) is 2.87. The standard InChI is InChI=1S/C14H12F3N3O3/c1-20-12(14(15,16)17)8(6-18-20)19-13(21)11-7-22-9-4-2-3-5-10(9)23-11/h2-6,11H,7H2,1H3,(H,19,21). The number of fused-ring (bicyclic) bond motifs is 1. The van der Waals surface area contributed by atoms with Gasteiger partial charge in [0, 0.05) is 7.05 Å². The largest absolute Gasteiger partial charge is 0.485 e. The van der Waals surface area contributed by atoms with E-state index in [0.29, 0.717) is 16.2 Å². The smallest absolute Gasteiger partial charge is 0.435 e. The number of hydrogen-bond acceptors (Lipinski definition) is 4. The average molecular weight is 327 g/mol. The minimum atomic E-state index is -4.63. The highest BCUT2D eigenvalue weighted by atomic mass is 19.4. The summed E-state index contributed by atoms with van der Waals surface area (Å²) in [7, 11) is 1.15. The molecule has 2 heterocycles. The fourth-order valence-electron chi connectivity index (χ4n) is 2.23. The van der Waals surface area contributed by atoms with E-state index in [1.165, 1.54) is 0 Å². The van der Waals surface area contributed by atoms with Crippen molar-refractivity contribution >= 4 is 11.6 Å². The van der Waals surface area contributed by atoms with E-state index in [1.807, 2.05) is 0 Å². The van der Waals surface area contributed by atoms with Crippen molar-refractivity contribution in [2.75, 3.05) is 11.9 Å². The number of halogens is 3. The zero-order chi connectivity index (χ0) is 16.6. The normalized spacial score (nSPS) is 17.0. The molecule has 0 saturated heterocycles. The first-order valence-electron chi connectivity index (χ1n) is 6.65. The number of nitrogens with one attached hydrogen (secondary N) is 1. The van der Waals surface area contributed by atoms with Crippen LogP contribution in [0, 0.1) is 0 Å². The molecule has 2 aromatic rings. The number of para-hydroxylation sites is 2. The van der Waals surface area contributed by atoms with Gasteiger partial charge >= 0.3 is 6.18 Å². The van der Waals surface area contributed by atoms with Crippen LogP contribution in [0.5, 0.6) is 11.5 Å². The minimum absolute atomic E-state index is 0.0928. The fourth-order valence-corrected chi connectivity index (χ4v) is 2.23. The van der Waals surface area contributed by atoms with E-state index in [4.69, 9.17) is 9.47 Å². The van der Waals surface area contributed by atoms with Crippen LogP contribution < -0.4 is 14.8 Å². The maximum Gasteiger partial charge on any atom is 0.435 e. The number of aromatic nitrogens is 2. The van der Waals surface area contributed by atoms with Crippen LogP contribution >= 0.6 is 0 Å². The number of amides is 1. The summed E-state index contributed by atoms with van der Waals surface area (Å²) in [5.41, 5.74) is -1.46. The summed E-state index contributed by atoms with van der Waals surface area (Å²) < 4.78 is 50.4. The monoisotopic (exact) mass is 327 g/mol. The molecule has 1 aliphatic rings. The Morgan fingerprint density at radius 3 is 2.74 bits per heavy atom. The van der Waals surface area contributed by atoms with Crippen molar-refractivity contribution in [3.05, 3.63) is 36.2 Å². The second-order valence-electron chi connectivity index (χ2n) is 4.88. The lowest BCUT2D eigenvalue weighted by atomic mass is 10.2. The van der Waals surface area contributed by atoms with Crippen LogP contribution in [0.15, 0.2) is 30.5 Å². The predicted molar refractivity (Wildman–Crippen MR) is 73.2 cm³/mol. The quantitative estimate of drug-likeness (QED) is 0.918. The van der Waals surface area contributed by atoms with Gasteiger partial charge in [-0.25, -0.2) is 0 Å². The van der Waals surface area contributed by atoms with Gasteiger partial charge in [0.15, 0.2) is 17.2 Å². The molecule has 0 radical (unpaired) electrons. The molecule has 3 rings (SSSR count). The molecule has 0 bridgehead atoms. The Balaban J connectivity index is 1.77. The molecule has 0 fully saturated rings. The second-order valence-corrected chi connectivity index (χ2v) is 4.88. The molecule has 1 aromatic heterocycles. The van der Waals surface area contributed by atoms with Crippen LogP contribution in [0.2, 0.25) is 0 Å². The number of rotatable bonds is 2. The van der Waals surface area contributed by atoms with Gasteiger partial charge in [-0.3, -0.25) is 9.48 Å². The van der Waals surface area contributed by atoms with E-state index >= 15 is 0 Å². The van der Waals surface area contributed by atoms with Crippen molar-refractivity contribution in [3.8, 4) is 11.5 Å². The van der Waals surface area contributed by atoms with Gasteiger partial charge in [0.2, 0.25) is 6.10 Å². The Kier molecular flexibility index (Phi) is 3.63. The lowest BCUT2D eigenvalue weighted by Gasteiger charge is -2.25. The van der Waals surface area contributed by atoms with Crippen molar-refractivity contribution in [2.24, 2.45) is 7.05 Å². The van der Waals surface area contributed by atoms with E-state index in [1.54, 1.807) is 24.3 Å². The highest BCUT2D eigenvalue weighted by molar-refractivity contribution is 5.95. The Morgan fingerprint density at radius 1 is 1.35 bits per heavy atom. The molecule has 1 aromatic carbocycles. The molecule has 1 amide bonds. The number of ether oxygens (including phenoxy) is 2. The summed E-state index contributed by atoms with van der Waals surface area (Å²) >= 11 is 0. The summed E-state index contributed by atoms with van der Waals surface area (Å²) in [6.07, 6.45) is -4.74. The molecule has 1 atom stereocenters. The van der Waals surface area contributed by atoms with E-state index < -0.39 is 29.6 Å². The van der Waals surface area contributed by atoms with Crippen molar-refractivity contribution < 1.29 is 27.4 Å². The number of carbonyl (C=O) groups excluding carboxylic acids is 1. The number of anilines is 1. The SMILES string of the molecule is Cn1ncc(NC(=O)C2COc3ccccc3O2)c1C(F)(F)F. The summed E-state index contributed by atoms with van der Waals surface area (Å²) in [5, 5.41) is 5.72. The topological polar surface area (TPSA) is 65.4 Å². The third-order valence-electron chi connectivity index (χ3n) is 3.27. The van der Waals surface area contributed by atoms with Crippen LogP contribution in [-0.4, -0.2) is 28.4 Å².